The molecule has 0 radical (unpaired) electrons. The lowest BCUT2D eigenvalue weighted by atomic mass is 9.77. The number of likely N-dealkylation sites (tertiary alicyclic amines) is 1. The molecule has 0 atom stereocenters. The number of hydrogen-bond acceptors (Lipinski definition) is 5. The second-order valence-electron chi connectivity index (χ2n) is 7.33. The zero-order valence-corrected chi connectivity index (χ0v) is 15.5. The fraction of sp³-hybridized carbons (Fsp3) is 0.611. The van der Waals surface area contributed by atoms with Crippen molar-refractivity contribution in [3.8, 4) is 0 Å². The van der Waals surface area contributed by atoms with Crippen molar-refractivity contribution in [2.24, 2.45) is 0 Å². The van der Waals surface area contributed by atoms with Gasteiger partial charge in [0, 0.05) is 38.5 Å². The van der Waals surface area contributed by atoms with E-state index in [0.717, 1.165) is 18.5 Å². The quantitative estimate of drug-likeness (QED) is 0.817. The van der Waals surface area contributed by atoms with Crippen LogP contribution in [0.3, 0.4) is 0 Å². The second-order valence-corrected chi connectivity index (χ2v) is 7.33. The molecule has 0 aromatic carbocycles. The van der Waals surface area contributed by atoms with Crippen molar-refractivity contribution < 1.29 is 14.4 Å². The van der Waals surface area contributed by atoms with E-state index in [1.807, 2.05) is 4.90 Å². The fourth-order valence-electron chi connectivity index (χ4n) is 3.53. The van der Waals surface area contributed by atoms with Gasteiger partial charge in [0.15, 0.2) is 0 Å². The van der Waals surface area contributed by atoms with Crippen LogP contribution in [0.15, 0.2) is 6.07 Å². The van der Waals surface area contributed by atoms with Crippen LogP contribution in [-0.2, 0) is 15.0 Å². The zero-order valence-electron chi connectivity index (χ0n) is 15.5. The maximum absolute atomic E-state index is 12.8. The van der Waals surface area contributed by atoms with Crippen molar-refractivity contribution in [3.05, 3.63) is 23.3 Å². The molecule has 8 nitrogen and oxygen atoms in total. The predicted octanol–water partition coefficient (Wildman–Crippen LogP) is 0.257. The lowest BCUT2D eigenvalue weighted by Gasteiger charge is -2.39. The van der Waals surface area contributed by atoms with Gasteiger partial charge in [-0.3, -0.25) is 14.4 Å². The fourth-order valence-corrected chi connectivity index (χ4v) is 3.53. The zero-order chi connectivity index (χ0) is 18.9. The summed E-state index contributed by atoms with van der Waals surface area (Å²) in [6.07, 6.45) is 1.59. The van der Waals surface area contributed by atoms with Gasteiger partial charge < -0.3 is 15.1 Å². The lowest BCUT2D eigenvalue weighted by molar-refractivity contribution is -0.130. The first-order chi connectivity index (χ1) is 12.3. The highest BCUT2D eigenvalue weighted by Crippen LogP contribution is 2.34. The molecule has 0 aliphatic carbocycles. The molecule has 1 N–H and O–H groups in total. The van der Waals surface area contributed by atoms with E-state index in [1.54, 1.807) is 19.9 Å². The van der Waals surface area contributed by atoms with E-state index in [-0.39, 0.29) is 29.7 Å². The van der Waals surface area contributed by atoms with Gasteiger partial charge in [-0.2, -0.15) is 0 Å². The summed E-state index contributed by atoms with van der Waals surface area (Å²) in [6, 6.07) is 1.76. The molecule has 2 fully saturated rings. The first kappa shape index (κ1) is 18.3. The van der Waals surface area contributed by atoms with Crippen LogP contribution in [0.25, 0.3) is 0 Å². The van der Waals surface area contributed by atoms with Crippen molar-refractivity contribution in [2.75, 3.05) is 32.7 Å². The summed E-state index contributed by atoms with van der Waals surface area (Å²) in [5.74, 6) is 0.239. The van der Waals surface area contributed by atoms with Crippen LogP contribution >= 0.6 is 0 Å². The first-order valence-electron chi connectivity index (χ1n) is 8.96. The number of amides is 3. The van der Waals surface area contributed by atoms with Gasteiger partial charge >= 0.3 is 0 Å². The van der Waals surface area contributed by atoms with E-state index in [4.69, 9.17) is 0 Å². The lowest BCUT2D eigenvalue weighted by Crippen LogP contribution is -2.50. The second kappa shape index (κ2) is 7.01. The molecular weight excluding hydrogens is 334 g/mol. The van der Waals surface area contributed by atoms with Gasteiger partial charge in [0.1, 0.15) is 11.5 Å². The molecule has 0 unspecified atom stereocenters. The average Bonchev–Trinajstić information content (AvgIpc) is 2.61. The van der Waals surface area contributed by atoms with Gasteiger partial charge in [-0.25, -0.2) is 9.97 Å². The van der Waals surface area contributed by atoms with Gasteiger partial charge in [-0.05, 0) is 25.8 Å². The van der Waals surface area contributed by atoms with E-state index in [9.17, 15) is 14.4 Å². The number of aromatic nitrogens is 2. The topological polar surface area (TPSA) is 95.5 Å². The van der Waals surface area contributed by atoms with E-state index in [1.165, 1.54) is 4.90 Å². The van der Waals surface area contributed by atoms with E-state index in [2.05, 4.69) is 22.2 Å². The summed E-state index contributed by atoms with van der Waals surface area (Å²) in [5.41, 5.74) is 0.962. The number of piperidine rings is 1. The highest BCUT2D eigenvalue weighted by Gasteiger charge is 2.35. The minimum atomic E-state index is -0.239. The summed E-state index contributed by atoms with van der Waals surface area (Å²) in [5, 5.41) is 2.71. The standard InChI is InChI=1S/C18H25N5O3/c1-12-20-14(17(26)23-9-6-19-16(25)11-23)10-15(21-12)18(3)4-7-22(8-5-18)13(2)24/h10H,4-9,11H2,1-3H3,(H,19,25). The first-order valence-corrected chi connectivity index (χ1v) is 8.96. The molecule has 8 heteroatoms. The number of nitrogens with zero attached hydrogens (tertiary/aromatic N) is 4. The molecule has 3 rings (SSSR count). The smallest absolute Gasteiger partial charge is 0.273 e. The molecule has 0 saturated carbocycles. The predicted molar refractivity (Wildman–Crippen MR) is 94.5 cm³/mol. The molecule has 3 heterocycles. The average molecular weight is 359 g/mol. The Hall–Kier alpha value is -2.51. The Balaban J connectivity index is 1.82. The number of carbonyl (C=O) groups is 3. The van der Waals surface area contributed by atoms with E-state index < -0.39 is 0 Å². The SMILES string of the molecule is CC(=O)N1CCC(C)(c2cc(C(=O)N3CCNC(=O)C3)nc(C)n2)CC1. The Labute approximate surface area is 153 Å². The van der Waals surface area contributed by atoms with Gasteiger partial charge in [0.05, 0.1) is 12.2 Å². The Morgan fingerprint density at radius 2 is 1.85 bits per heavy atom. The number of piperazine rings is 1. The van der Waals surface area contributed by atoms with E-state index in [0.29, 0.717) is 37.7 Å². The molecule has 2 aliphatic heterocycles. The van der Waals surface area contributed by atoms with Crippen molar-refractivity contribution in [1.29, 1.82) is 0 Å². The molecule has 26 heavy (non-hydrogen) atoms. The maximum atomic E-state index is 12.8. The number of hydrogen-bond donors (Lipinski definition) is 1. The highest BCUT2D eigenvalue weighted by molar-refractivity contribution is 5.95. The van der Waals surface area contributed by atoms with Crippen LogP contribution in [0.1, 0.15) is 48.7 Å². The van der Waals surface area contributed by atoms with Crippen LogP contribution < -0.4 is 5.32 Å². The summed E-state index contributed by atoms with van der Waals surface area (Å²) in [4.78, 5) is 48.1. The molecule has 140 valence electrons. The number of aryl methyl sites for hydroxylation is 1. The van der Waals surface area contributed by atoms with Gasteiger partial charge in [0.2, 0.25) is 11.8 Å². The van der Waals surface area contributed by atoms with Gasteiger partial charge in [-0.15, -0.1) is 0 Å². The molecule has 3 amide bonds. The van der Waals surface area contributed by atoms with Crippen LogP contribution in [0.4, 0.5) is 0 Å². The largest absolute Gasteiger partial charge is 0.353 e. The van der Waals surface area contributed by atoms with Crippen LogP contribution in [0, 0.1) is 6.92 Å². The molecule has 2 saturated heterocycles. The van der Waals surface area contributed by atoms with Crippen LogP contribution in [0.2, 0.25) is 0 Å². The third-order valence-corrected chi connectivity index (χ3v) is 5.31. The molecule has 1 aromatic rings. The number of nitrogens with one attached hydrogen (secondary N) is 1. The number of carbonyl (C=O) groups excluding carboxylic acids is 3. The third kappa shape index (κ3) is 3.68. The highest BCUT2D eigenvalue weighted by atomic mass is 16.2. The molecular formula is C18H25N5O3. The molecule has 1 aromatic heterocycles. The number of rotatable bonds is 2. The summed E-state index contributed by atoms with van der Waals surface area (Å²) < 4.78 is 0. The monoisotopic (exact) mass is 359 g/mol. The normalized spacial score (nSPS) is 19.9. The van der Waals surface area contributed by atoms with Crippen molar-refractivity contribution in [1.82, 2.24) is 25.1 Å². The van der Waals surface area contributed by atoms with Crippen molar-refractivity contribution >= 4 is 17.7 Å². The molecule has 0 spiro atoms. The van der Waals surface area contributed by atoms with Crippen LogP contribution in [0.5, 0.6) is 0 Å². The summed E-state index contributed by atoms with van der Waals surface area (Å²) in [6.45, 7) is 7.85. The minimum absolute atomic E-state index is 0.0576. The Bertz CT molecular complexity index is 740. The maximum Gasteiger partial charge on any atom is 0.273 e. The third-order valence-electron chi connectivity index (χ3n) is 5.31. The molecule has 2 aliphatic rings. The Morgan fingerprint density at radius 3 is 2.46 bits per heavy atom. The van der Waals surface area contributed by atoms with Gasteiger partial charge in [0.25, 0.3) is 5.91 Å². The van der Waals surface area contributed by atoms with Gasteiger partial charge in [-0.1, -0.05) is 6.92 Å². The van der Waals surface area contributed by atoms with E-state index >= 15 is 0 Å². The Morgan fingerprint density at radius 1 is 1.15 bits per heavy atom. The Kier molecular flexibility index (Phi) is 4.93. The van der Waals surface area contributed by atoms with Crippen molar-refractivity contribution in [3.63, 3.8) is 0 Å². The molecule has 0 bridgehead atoms. The van der Waals surface area contributed by atoms with Crippen molar-refractivity contribution in [2.45, 2.75) is 39.0 Å². The van der Waals surface area contributed by atoms with Crippen LogP contribution in [-0.4, -0.2) is 70.2 Å². The summed E-state index contributed by atoms with van der Waals surface area (Å²) in [7, 11) is 0. The summed E-state index contributed by atoms with van der Waals surface area (Å²) >= 11 is 0. The minimum Gasteiger partial charge on any atom is -0.353 e.